The number of unbranched alkanes of at least 4 members (excludes halogenated alkanes) is 6. The molecular formula is C18H26ClF2I. The Bertz CT molecular complexity index is 404. The third-order valence-corrected chi connectivity index (χ3v) is 6.05. The Morgan fingerprint density at radius 3 is 2.14 bits per heavy atom. The lowest BCUT2D eigenvalue weighted by atomic mass is 10.1. The Labute approximate surface area is 149 Å². The molecule has 126 valence electrons. The van der Waals surface area contributed by atoms with Crippen LogP contribution in [0.15, 0.2) is 34.2 Å². The zero-order chi connectivity index (χ0) is 15.3. The first kappa shape index (κ1) is 21.8. The Hall–Kier alpha value is -0.160. The van der Waals surface area contributed by atoms with E-state index in [1.54, 1.807) is 0 Å². The molecule has 0 N–H and O–H groups in total. The minimum atomic E-state index is -0.312. The molecule has 0 radical (unpaired) electrons. The fourth-order valence-electron chi connectivity index (χ4n) is 2.05. The molecule has 0 saturated heterocycles. The Morgan fingerprint density at radius 1 is 1.00 bits per heavy atom. The molecule has 22 heavy (non-hydrogen) atoms. The lowest BCUT2D eigenvalue weighted by molar-refractivity contribution is -0.558. The minimum absolute atomic E-state index is 0. The molecule has 0 amide bonds. The molecule has 0 nitrogen and oxygen atoms in total. The van der Waals surface area contributed by atoms with Crippen molar-refractivity contribution in [1.82, 2.24) is 0 Å². The molecule has 0 heterocycles. The van der Waals surface area contributed by atoms with Crippen LogP contribution in [-0.4, -0.2) is 5.88 Å². The quantitative estimate of drug-likeness (QED) is 0.265. The van der Waals surface area contributed by atoms with Crippen LogP contribution in [-0.2, 0) is 0 Å². The van der Waals surface area contributed by atoms with E-state index in [0.717, 1.165) is 25.1 Å². The van der Waals surface area contributed by atoms with Crippen LogP contribution in [0.3, 0.4) is 0 Å². The van der Waals surface area contributed by atoms with Gasteiger partial charge in [0.2, 0.25) is 0 Å². The van der Waals surface area contributed by atoms with Crippen LogP contribution in [0.2, 0.25) is 0 Å². The van der Waals surface area contributed by atoms with E-state index in [0.29, 0.717) is 6.42 Å². The van der Waals surface area contributed by atoms with Crippen molar-refractivity contribution in [3.05, 3.63) is 43.3 Å². The van der Waals surface area contributed by atoms with Gasteiger partial charge in [-0.2, -0.15) is 0 Å². The van der Waals surface area contributed by atoms with Gasteiger partial charge in [-0.25, -0.2) is 4.39 Å². The molecule has 4 heteroatoms. The summed E-state index contributed by atoms with van der Waals surface area (Å²) < 4.78 is 16.8. The van der Waals surface area contributed by atoms with E-state index < -0.39 is 0 Å². The normalized spacial score (nSPS) is 11.3. The van der Waals surface area contributed by atoms with E-state index in [9.17, 15) is 4.39 Å². The van der Waals surface area contributed by atoms with Gasteiger partial charge in [0, 0.05) is 12.3 Å². The summed E-state index contributed by atoms with van der Waals surface area (Å²) in [6.45, 7) is 2.08. The number of aryl methyl sites for hydroxylation is 1. The predicted molar refractivity (Wildman–Crippen MR) is 86.7 cm³/mol. The Balaban J connectivity index is 0.00000441. The van der Waals surface area contributed by atoms with Gasteiger partial charge in [0.25, 0.3) is 0 Å². The lowest BCUT2D eigenvalue weighted by Gasteiger charge is -1.99. The maximum Gasteiger partial charge on any atom is 0.352 e. The van der Waals surface area contributed by atoms with Crippen LogP contribution in [0.25, 0.3) is 0 Å². The number of rotatable bonds is 11. The van der Waals surface area contributed by atoms with Gasteiger partial charge in [-0.05, 0) is 31.9 Å². The predicted octanol–water partition coefficient (Wildman–Crippen LogP) is 0.428. The van der Waals surface area contributed by atoms with E-state index in [1.807, 2.05) is 4.08 Å². The van der Waals surface area contributed by atoms with Crippen molar-refractivity contribution in [3.8, 4) is 0 Å². The van der Waals surface area contributed by atoms with E-state index >= 15 is 0 Å². The van der Waals surface area contributed by atoms with Crippen molar-refractivity contribution in [2.75, 3.05) is 5.88 Å². The molecule has 0 atom stereocenters. The van der Waals surface area contributed by atoms with Crippen molar-refractivity contribution in [3.63, 3.8) is 0 Å². The number of benzene rings is 1. The summed E-state index contributed by atoms with van der Waals surface area (Å²) in [5, 5.41) is 0. The second-order valence-corrected chi connectivity index (χ2v) is 8.24. The van der Waals surface area contributed by atoms with Crippen molar-refractivity contribution in [2.24, 2.45) is 0 Å². The monoisotopic (exact) mass is 442 g/mol. The standard InChI is InChI=1S/C18H26ClFI.FH/c1-16-10-12-18(13-11-16)21-15-17(20)9-7-5-3-2-4-6-8-14-19;/h10-13,15H,2-9,14H2,1H3;1H/q+1;/p-1/b17-15+;. The molecular weight excluding hydrogens is 417 g/mol. The summed E-state index contributed by atoms with van der Waals surface area (Å²) in [4.78, 5) is 0. The highest BCUT2D eigenvalue weighted by atomic mass is 127. The van der Waals surface area contributed by atoms with Crippen LogP contribution >= 0.6 is 11.6 Å². The summed E-state index contributed by atoms with van der Waals surface area (Å²) in [7, 11) is 0. The summed E-state index contributed by atoms with van der Waals surface area (Å²) in [6, 6.07) is 8.44. The van der Waals surface area contributed by atoms with Gasteiger partial charge in [-0.1, -0.05) is 49.8 Å². The molecule has 0 aliphatic rings. The SMILES string of the molecule is Cc1ccc([I+]/C=C(/F)CCCCCCCCCCl)cc1.[F-]. The number of allylic oxidation sites excluding steroid dienone is 1. The third-order valence-electron chi connectivity index (χ3n) is 3.36. The van der Waals surface area contributed by atoms with Crippen molar-refractivity contribution < 1.29 is 30.3 Å². The zero-order valence-corrected chi connectivity index (χ0v) is 16.2. The lowest BCUT2D eigenvalue weighted by Crippen LogP contribution is -3.59. The average Bonchev–Trinajstić information content (AvgIpc) is 2.49. The van der Waals surface area contributed by atoms with E-state index in [-0.39, 0.29) is 31.7 Å². The molecule has 0 aromatic heterocycles. The molecule has 0 aliphatic carbocycles. The van der Waals surface area contributed by atoms with Gasteiger partial charge in [-0.15, -0.1) is 11.6 Å². The first-order valence-corrected chi connectivity index (χ1v) is 10.7. The molecule has 1 rings (SSSR count). The zero-order valence-electron chi connectivity index (χ0n) is 13.3. The third kappa shape index (κ3) is 11.4. The highest BCUT2D eigenvalue weighted by molar-refractivity contribution is 6.17. The van der Waals surface area contributed by atoms with Crippen molar-refractivity contribution in [2.45, 2.75) is 58.3 Å². The maximum atomic E-state index is 13.7. The maximum absolute atomic E-state index is 13.7. The highest BCUT2D eigenvalue weighted by Gasteiger charge is 2.10. The summed E-state index contributed by atoms with van der Waals surface area (Å²) >= 11 is 5.32. The number of hydrogen-bond acceptors (Lipinski definition) is 0. The van der Waals surface area contributed by atoms with Crippen LogP contribution in [0, 0.1) is 10.5 Å². The second kappa shape index (κ2) is 14.4. The van der Waals surface area contributed by atoms with Crippen LogP contribution in [0.4, 0.5) is 4.39 Å². The fourth-order valence-corrected chi connectivity index (χ4v) is 4.03. The first-order chi connectivity index (χ1) is 10.2. The van der Waals surface area contributed by atoms with Crippen molar-refractivity contribution in [1.29, 1.82) is 0 Å². The van der Waals surface area contributed by atoms with Crippen LogP contribution in [0.1, 0.15) is 56.9 Å². The number of alkyl halides is 1. The molecule has 0 bridgehead atoms. The van der Waals surface area contributed by atoms with E-state index in [4.69, 9.17) is 11.6 Å². The molecule has 1 aromatic rings. The van der Waals surface area contributed by atoms with Crippen molar-refractivity contribution >= 4 is 11.6 Å². The summed E-state index contributed by atoms with van der Waals surface area (Å²) in [5.41, 5.74) is 1.26. The minimum Gasteiger partial charge on any atom is -1.00 e. The van der Waals surface area contributed by atoms with E-state index in [1.165, 1.54) is 34.8 Å². The Morgan fingerprint density at radius 2 is 1.55 bits per heavy atom. The number of hydrogen-bond donors (Lipinski definition) is 0. The second-order valence-electron chi connectivity index (χ2n) is 5.37. The average molecular weight is 443 g/mol. The van der Waals surface area contributed by atoms with Gasteiger partial charge in [0.1, 0.15) is 5.83 Å². The topological polar surface area (TPSA) is 0 Å². The Kier molecular flexibility index (Phi) is 14.3. The van der Waals surface area contributed by atoms with E-state index in [2.05, 4.69) is 31.2 Å². The highest BCUT2D eigenvalue weighted by Crippen LogP contribution is 2.12. The molecule has 0 fully saturated rings. The molecule has 0 saturated carbocycles. The van der Waals surface area contributed by atoms with Crippen LogP contribution in [0.5, 0.6) is 0 Å². The van der Waals surface area contributed by atoms with Gasteiger partial charge >= 0.3 is 21.2 Å². The van der Waals surface area contributed by atoms with Crippen LogP contribution < -0.4 is 25.9 Å². The van der Waals surface area contributed by atoms with Gasteiger partial charge in [-0.3, -0.25) is 0 Å². The number of halogens is 4. The molecule has 0 unspecified atom stereocenters. The molecule has 0 aliphatic heterocycles. The van der Waals surface area contributed by atoms with Gasteiger partial charge in [0.15, 0.2) is 7.65 Å². The largest absolute Gasteiger partial charge is 1.00 e. The smallest absolute Gasteiger partial charge is 0.352 e. The summed E-state index contributed by atoms with van der Waals surface area (Å²) in [6.07, 6.45) is 8.86. The first-order valence-electron chi connectivity index (χ1n) is 7.83. The summed E-state index contributed by atoms with van der Waals surface area (Å²) in [5.74, 6) is 0.866. The fraction of sp³-hybridized carbons (Fsp3) is 0.556. The van der Waals surface area contributed by atoms with Gasteiger partial charge < -0.3 is 4.70 Å². The van der Waals surface area contributed by atoms with Gasteiger partial charge in [0.05, 0.1) is 0 Å². The molecule has 1 aromatic carbocycles. The molecule has 0 spiro atoms.